The maximum atomic E-state index is 12.4. The Morgan fingerprint density at radius 2 is 1.67 bits per heavy atom. The van der Waals surface area contributed by atoms with E-state index >= 15 is 0 Å². The fourth-order valence-electron chi connectivity index (χ4n) is 3.43. The van der Waals surface area contributed by atoms with Crippen molar-refractivity contribution < 1.29 is 19.1 Å². The molecule has 1 aromatic heterocycles. The van der Waals surface area contributed by atoms with E-state index in [4.69, 9.17) is 10.5 Å². The van der Waals surface area contributed by atoms with Crippen LogP contribution < -0.4 is 11.1 Å². The standard InChI is InChI=1S/C23H22N6O4/c1-14-7-2-5-10-17(14)25-23-27-18(26-22(24)28-23)13-33-19(30)11-6-12-29-20(31)15-8-3-4-9-16(15)21(29)32/h2-5,7-10H,6,11-13H2,1H3,(H3,24,25,26,27,28). The van der Waals surface area contributed by atoms with E-state index < -0.39 is 5.97 Å². The summed E-state index contributed by atoms with van der Waals surface area (Å²) < 4.78 is 5.23. The zero-order valence-electron chi connectivity index (χ0n) is 17.9. The van der Waals surface area contributed by atoms with Gasteiger partial charge in [-0.2, -0.15) is 15.0 Å². The quantitative estimate of drug-likeness (QED) is 0.394. The van der Waals surface area contributed by atoms with Crippen molar-refractivity contribution in [3.63, 3.8) is 0 Å². The maximum Gasteiger partial charge on any atom is 0.306 e. The summed E-state index contributed by atoms with van der Waals surface area (Å²) in [5.41, 5.74) is 8.34. The molecule has 1 aliphatic heterocycles. The fraction of sp³-hybridized carbons (Fsp3) is 0.217. The number of carbonyl (C=O) groups is 3. The number of nitrogens with two attached hydrogens (primary N) is 1. The number of nitrogen functional groups attached to an aromatic ring is 1. The lowest BCUT2D eigenvalue weighted by molar-refractivity contribution is -0.145. The predicted octanol–water partition coefficient (Wildman–Crippen LogP) is 2.63. The van der Waals surface area contributed by atoms with Crippen LogP contribution in [0.5, 0.6) is 0 Å². The highest BCUT2D eigenvalue weighted by molar-refractivity contribution is 6.21. The van der Waals surface area contributed by atoms with Crippen LogP contribution in [-0.4, -0.2) is 44.2 Å². The topological polar surface area (TPSA) is 140 Å². The molecule has 0 fully saturated rings. The largest absolute Gasteiger partial charge is 0.457 e. The summed E-state index contributed by atoms with van der Waals surface area (Å²) in [5.74, 6) is -0.755. The molecule has 0 bridgehead atoms. The number of nitrogens with zero attached hydrogens (tertiary/aromatic N) is 4. The Labute approximate surface area is 189 Å². The number of anilines is 3. The third-order valence-electron chi connectivity index (χ3n) is 5.09. The second kappa shape index (κ2) is 9.43. The SMILES string of the molecule is Cc1ccccc1Nc1nc(N)nc(COC(=O)CCCN2C(=O)c3ccccc3C2=O)n1. The highest BCUT2D eigenvalue weighted by Gasteiger charge is 2.34. The molecule has 168 valence electrons. The van der Waals surface area contributed by atoms with Gasteiger partial charge in [-0.25, -0.2) is 0 Å². The number of para-hydroxylation sites is 1. The van der Waals surface area contributed by atoms with Crippen molar-refractivity contribution in [1.82, 2.24) is 19.9 Å². The van der Waals surface area contributed by atoms with E-state index in [1.807, 2.05) is 31.2 Å². The Morgan fingerprint density at radius 3 is 2.36 bits per heavy atom. The number of hydrogen-bond acceptors (Lipinski definition) is 9. The molecule has 1 aliphatic rings. The number of ether oxygens (including phenoxy) is 1. The summed E-state index contributed by atoms with van der Waals surface area (Å²) >= 11 is 0. The summed E-state index contributed by atoms with van der Waals surface area (Å²) in [5, 5.41) is 3.07. The van der Waals surface area contributed by atoms with Crippen LogP contribution in [0, 0.1) is 6.92 Å². The molecule has 0 saturated carbocycles. The lowest BCUT2D eigenvalue weighted by Crippen LogP contribution is -2.31. The second-order valence-corrected chi connectivity index (χ2v) is 7.45. The Hall–Kier alpha value is -4.34. The number of esters is 1. The van der Waals surface area contributed by atoms with Gasteiger partial charge in [0, 0.05) is 18.7 Å². The fourth-order valence-corrected chi connectivity index (χ4v) is 3.43. The average molecular weight is 446 g/mol. The maximum absolute atomic E-state index is 12.4. The van der Waals surface area contributed by atoms with Crippen LogP contribution in [0.3, 0.4) is 0 Å². The van der Waals surface area contributed by atoms with Crippen LogP contribution in [0.15, 0.2) is 48.5 Å². The molecule has 0 spiro atoms. The normalized spacial score (nSPS) is 12.6. The number of imide groups is 1. The van der Waals surface area contributed by atoms with Gasteiger partial charge in [-0.3, -0.25) is 19.3 Å². The third-order valence-corrected chi connectivity index (χ3v) is 5.09. The van der Waals surface area contributed by atoms with Crippen molar-refractivity contribution in [2.45, 2.75) is 26.4 Å². The lowest BCUT2D eigenvalue weighted by atomic mass is 10.1. The minimum atomic E-state index is -0.501. The molecule has 0 atom stereocenters. The number of fused-ring (bicyclic) bond motifs is 1. The van der Waals surface area contributed by atoms with Crippen LogP contribution in [0.25, 0.3) is 0 Å². The van der Waals surface area contributed by atoms with Gasteiger partial charge in [0.25, 0.3) is 11.8 Å². The van der Waals surface area contributed by atoms with Crippen molar-refractivity contribution in [2.75, 3.05) is 17.6 Å². The summed E-state index contributed by atoms with van der Waals surface area (Å²) in [4.78, 5) is 50.3. The van der Waals surface area contributed by atoms with Gasteiger partial charge in [-0.1, -0.05) is 30.3 Å². The first-order chi connectivity index (χ1) is 15.9. The van der Waals surface area contributed by atoms with E-state index in [1.54, 1.807) is 24.3 Å². The molecular formula is C23H22N6O4. The first-order valence-corrected chi connectivity index (χ1v) is 10.4. The van der Waals surface area contributed by atoms with Gasteiger partial charge in [0.15, 0.2) is 12.4 Å². The zero-order chi connectivity index (χ0) is 23.4. The Bertz CT molecular complexity index is 1190. The molecule has 33 heavy (non-hydrogen) atoms. The third kappa shape index (κ3) is 4.95. The van der Waals surface area contributed by atoms with Crippen molar-refractivity contribution in [3.8, 4) is 0 Å². The molecule has 0 radical (unpaired) electrons. The summed E-state index contributed by atoms with van der Waals surface area (Å²) in [6.45, 7) is 1.89. The van der Waals surface area contributed by atoms with E-state index in [-0.39, 0.29) is 55.5 Å². The predicted molar refractivity (Wildman–Crippen MR) is 120 cm³/mol. The molecule has 2 amide bonds. The Balaban J connectivity index is 1.28. The van der Waals surface area contributed by atoms with Gasteiger partial charge >= 0.3 is 5.97 Å². The van der Waals surface area contributed by atoms with Gasteiger partial charge in [-0.15, -0.1) is 0 Å². The molecule has 0 saturated heterocycles. The van der Waals surface area contributed by atoms with E-state index in [2.05, 4.69) is 20.3 Å². The van der Waals surface area contributed by atoms with Gasteiger partial charge in [0.2, 0.25) is 11.9 Å². The number of hydrogen-bond donors (Lipinski definition) is 2. The minimum Gasteiger partial charge on any atom is -0.457 e. The smallest absolute Gasteiger partial charge is 0.306 e. The molecule has 10 nitrogen and oxygen atoms in total. The van der Waals surface area contributed by atoms with Gasteiger partial charge in [0.1, 0.15) is 0 Å². The minimum absolute atomic E-state index is 0.00208. The molecule has 4 rings (SSSR count). The number of benzene rings is 2. The molecular weight excluding hydrogens is 424 g/mol. The highest BCUT2D eigenvalue weighted by Crippen LogP contribution is 2.23. The van der Waals surface area contributed by atoms with Gasteiger partial charge in [0.05, 0.1) is 11.1 Å². The first kappa shape index (κ1) is 21.9. The second-order valence-electron chi connectivity index (χ2n) is 7.45. The molecule has 2 heterocycles. The van der Waals surface area contributed by atoms with Crippen molar-refractivity contribution in [1.29, 1.82) is 0 Å². The van der Waals surface area contributed by atoms with E-state index in [0.717, 1.165) is 16.2 Å². The molecule has 10 heteroatoms. The monoisotopic (exact) mass is 446 g/mol. The Kier molecular flexibility index (Phi) is 6.25. The molecule has 0 aliphatic carbocycles. The number of aryl methyl sites for hydroxylation is 1. The van der Waals surface area contributed by atoms with Crippen molar-refractivity contribution >= 4 is 35.4 Å². The van der Waals surface area contributed by atoms with E-state index in [1.165, 1.54) is 0 Å². The Morgan fingerprint density at radius 1 is 1.00 bits per heavy atom. The highest BCUT2D eigenvalue weighted by atomic mass is 16.5. The summed E-state index contributed by atoms with van der Waals surface area (Å²) in [6.07, 6.45) is 0.312. The number of rotatable bonds is 8. The zero-order valence-corrected chi connectivity index (χ0v) is 17.9. The van der Waals surface area contributed by atoms with Crippen LogP contribution in [-0.2, 0) is 16.1 Å². The average Bonchev–Trinajstić information content (AvgIpc) is 3.04. The molecule has 2 aromatic carbocycles. The lowest BCUT2D eigenvalue weighted by Gasteiger charge is -2.13. The number of aromatic nitrogens is 3. The van der Waals surface area contributed by atoms with Gasteiger partial charge < -0.3 is 15.8 Å². The van der Waals surface area contributed by atoms with Crippen LogP contribution >= 0.6 is 0 Å². The first-order valence-electron chi connectivity index (χ1n) is 10.4. The van der Waals surface area contributed by atoms with E-state index in [9.17, 15) is 14.4 Å². The van der Waals surface area contributed by atoms with Crippen molar-refractivity contribution in [2.24, 2.45) is 0 Å². The molecule has 0 unspecified atom stereocenters. The van der Waals surface area contributed by atoms with Crippen LogP contribution in [0.2, 0.25) is 0 Å². The summed E-state index contributed by atoms with van der Waals surface area (Å²) in [6, 6.07) is 14.3. The number of carbonyl (C=O) groups excluding carboxylic acids is 3. The number of nitrogens with one attached hydrogen (secondary N) is 1. The van der Waals surface area contributed by atoms with Crippen LogP contribution in [0.1, 0.15) is 44.9 Å². The van der Waals surface area contributed by atoms with E-state index in [0.29, 0.717) is 11.1 Å². The van der Waals surface area contributed by atoms with Crippen LogP contribution in [0.4, 0.5) is 17.6 Å². The van der Waals surface area contributed by atoms with Gasteiger partial charge in [-0.05, 0) is 37.1 Å². The summed E-state index contributed by atoms with van der Waals surface area (Å²) in [7, 11) is 0. The number of amides is 2. The molecule has 3 aromatic rings. The molecule has 3 N–H and O–H groups in total. The van der Waals surface area contributed by atoms with Crippen molar-refractivity contribution in [3.05, 3.63) is 71.0 Å².